The Bertz CT molecular complexity index is 141. The maximum Gasteiger partial charge on any atom is 0.0766 e. The van der Waals surface area contributed by atoms with Crippen LogP contribution in [0.3, 0.4) is 0 Å². The number of rotatable bonds is 9. The van der Waals surface area contributed by atoms with E-state index in [0.717, 1.165) is 32.3 Å². The molecular weight excluding hydrogens is 190 g/mol. The van der Waals surface area contributed by atoms with E-state index >= 15 is 0 Å². The molecule has 3 nitrogen and oxygen atoms in total. The summed E-state index contributed by atoms with van der Waals surface area (Å²) in [6, 6.07) is 0.365. The third kappa shape index (κ3) is 6.13. The molecule has 0 rings (SSSR count). The van der Waals surface area contributed by atoms with Gasteiger partial charge in [0.25, 0.3) is 0 Å². The molecule has 1 unspecified atom stereocenters. The molecular formula is C12H27NO2. The van der Waals surface area contributed by atoms with Gasteiger partial charge in [-0.3, -0.25) is 0 Å². The van der Waals surface area contributed by atoms with E-state index in [0.29, 0.717) is 12.6 Å². The topological polar surface area (TPSA) is 41.5 Å². The van der Waals surface area contributed by atoms with Gasteiger partial charge >= 0.3 is 0 Å². The van der Waals surface area contributed by atoms with Crippen molar-refractivity contribution >= 4 is 0 Å². The van der Waals surface area contributed by atoms with Gasteiger partial charge in [-0.2, -0.15) is 0 Å². The van der Waals surface area contributed by atoms with Gasteiger partial charge in [0.1, 0.15) is 0 Å². The average Bonchev–Trinajstić information content (AvgIpc) is 2.26. The van der Waals surface area contributed by atoms with Crippen LogP contribution in [0, 0.1) is 0 Å². The Morgan fingerprint density at radius 3 is 2.27 bits per heavy atom. The van der Waals surface area contributed by atoms with E-state index in [-0.39, 0.29) is 0 Å². The summed E-state index contributed by atoms with van der Waals surface area (Å²) in [7, 11) is 1.72. The predicted molar refractivity (Wildman–Crippen MR) is 64.1 cm³/mol. The number of hydrogen-bond acceptors (Lipinski definition) is 3. The van der Waals surface area contributed by atoms with Crippen LogP contribution in [0.2, 0.25) is 0 Å². The zero-order valence-corrected chi connectivity index (χ0v) is 10.7. The highest BCUT2D eigenvalue weighted by atomic mass is 16.5. The molecule has 0 saturated carbocycles. The van der Waals surface area contributed by atoms with Crippen molar-refractivity contribution in [1.29, 1.82) is 0 Å². The summed E-state index contributed by atoms with van der Waals surface area (Å²) in [5, 5.41) is 13.5. The summed E-state index contributed by atoms with van der Waals surface area (Å²) in [6.07, 6.45) is 3.82. The maximum absolute atomic E-state index is 10.1. The lowest BCUT2D eigenvalue weighted by Gasteiger charge is -2.28. The number of nitrogens with one attached hydrogen (secondary N) is 1. The summed E-state index contributed by atoms with van der Waals surface area (Å²) in [5.41, 5.74) is -0.556. The lowest BCUT2D eigenvalue weighted by atomic mass is 9.97. The van der Waals surface area contributed by atoms with E-state index in [4.69, 9.17) is 4.74 Å². The monoisotopic (exact) mass is 217 g/mol. The second kappa shape index (κ2) is 8.08. The summed E-state index contributed by atoms with van der Waals surface area (Å²) in [4.78, 5) is 0. The van der Waals surface area contributed by atoms with Gasteiger partial charge in [-0.05, 0) is 19.3 Å². The van der Waals surface area contributed by atoms with Gasteiger partial charge in [-0.1, -0.05) is 27.2 Å². The van der Waals surface area contributed by atoms with E-state index < -0.39 is 5.60 Å². The van der Waals surface area contributed by atoms with Crippen molar-refractivity contribution in [1.82, 2.24) is 5.32 Å². The molecule has 0 saturated heterocycles. The summed E-state index contributed by atoms with van der Waals surface area (Å²) < 4.78 is 5.14. The number of hydrogen-bond donors (Lipinski definition) is 2. The minimum absolute atomic E-state index is 0.365. The number of aliphatic hydroxyl groups is 1. The molecule has 2 N–H and O–H groups in total. The molecule has 1 atom stereocenters. The van der Waals surface area contributed by atoms with Crippen LogP contribution in [0.1, 0.15) is 46.5 Å². The third-order valence-electron chi connectivity index (χ3n) is 3.04. The second-order valence-corrected chi connectivity index (χ2v) is 4.25. The molecule has 0 aliphatic heterocycles. The van der Waals surface area contributed by atoms with E-state index in [2.05, 4.69) is 12.2 Å². The number of ether oxygens (including phenoxy) is 1. The lowest BCUT2D eigenvalue weighted by Crippen LogP contribution is -2.45. The summed E-state index contributed by atoms with van der Waals surface area (Å²) in [6.45, 7) is 7.59. The van der Waals surface area contributed by atoms with Gasteiger partial charge in [0.05, 0.1) is 12.2 Å². The minimum Gasteiger partial charge on any atom is -0.389 e. The minimum atomic E-state index is -0.556. The van der Waals surface area contributed by atoms with Gasteiger partial charge in [-0.15, -0.1) is 0 Å². The first-order chi connectivity index (χ1) is 7.11. The van der Waals surface area contributed by atoms with Crippen molar-refractivity contribution in [2.75, 3.05) is 20.3 Å². The molecule has 0 radical (unpaired) electrons. The normalized spacial score (nSPS) is 14.2. The maximum atomic E-state index is 10.1. The molecule has 15 heavy (non-hydrogen) atoms. The zero-order valence-electron chi connectivity index (χ0n) is 10.7. The van der Waals surface area contributed by atoms with Gasteiger partial charge in [-0.25, -0.2) is 0 Å². The Kier molecular flexibility index (Phi) is 8.02. The van der Waals surface area contributed by atoms with Crippen LogP contribution in [0.4, 0.5) is 0 Å². The summed E-state index contributed by atoms with van der Waals surface area (Å²) >= 11 is 0. The molecule has 0 heterocycles. The third-order valence-corrected chi connectivity index (χ3v) is 3.04. The second-order valence-electron chi connectivity index (χ2n) is 4.25. The fourth-order valence-corrected chi connectivity index (χ4v) is 1.63. The Hall–Kier alpha value is -0.120. The average molecular weight is 217 g/mol. The van der Waals surface area contributed by atoms with Crippen LogP contribution >= 0.6 is 0 Å². The standard InChI is InChI=1S/C12H27NO2/c1-5-8-11(9-15-4)13-10-12(14,6-2)7-3/h11,13-14H,5-10H2,1-4H3. The molecule has 0 bridgehead atoms. The Balaban J connectivity index is 3.95. The quantitative estimate of drug-likeness (QED) is 0.620. The van der Waals surface area contributed by atoms with Crippen LogP contribution < -0.4 is 5.32 Å². The Morgan fingerprint density at radius 1 is 1.27 bits per heavy atom. The van der Waals surface area contributed by atoms with Gasteiger partial charge in [0.2, 0.25) is 0 Å². The first-order valence-corrected chi connectivity index (χ1v) is 6.06. The molecule has 0 aromatic carbocycles. The largest absolute Gasteiger partial charge is 0.389 e. The van der Waals surface area contributed by atoms with E-state index in [1.807, 2.05) is 13.8 Å². The highest BCUT2D eigenvalue weighted by molar-refractivity contribution is 4.80. The van der Waals surface area contributed by atoms with Gasteiger partial charge in [0.15, 0.2) is 0 Å². The molecule has 0 aromatic rings. The Labute approximate surface area is 94.2 Å². The van der Waals surface area contributed by atoms with Crippen molar-refractivity contribution in [3.63, 3.8) is 0 Å². The highest BCUT2D eigenvalue weighted by Crippen LogP contribution is 2.13. The summed E-state index contributed by atoms with van der Waals surface area (Å²) in [5.74, 6) is 0. The van der Waals surface area contributed by atoms with Crippen molar-refractivity contribution < 1.29 is 9.84 Å². The van der Waals surface area contributed by atoms with Crippen molar-refractivity contribution in [3.8, 4) is 0 Å². The number of methoxy groups -OCH3 is 1. The molecule has 0 amide bonds. The van der Waals surface area contributed by atoms with Crippen molar-refractivity contribution in [2.24, 2.45) is 0 Å². The van der Waals surface area contributed by atoms with Crippen LogP contribution in [0.5, 0.6) is 0 Å². The molecule has 3 heteroatoms. The molecule has 0 aliphatic carbocycles. The van der Waals surface area contributed by atoms with Crippen molar-refractivity contribution in [3.05, 3.63) is 0 Å². The van der Waals surface area contributed by atoms with Crippen LogP contribution in [-0.4, -0.2) is 37.0 Å². The molecule has 92 valence electrons. The van der Waals surface area contributed by atoms with Gasteiger partial charge in [0, 0.05) is 19.7 Å². The first kappa shape index (κ1) is 14.9. The predicted octanol–water partition coefficient (Wildman–Crippen LogP) is 1.94. The lowest BCUT2D eigenvalue weighted by molar-refractivity contribution is 0.0259. The van der Waals surface area contributed by atoms with Crippen LogP contribution in [0.25, 0.3) is 0 Å². The van der Waals surface area contributed by atoms with E-state index in [1.54, 1.807) is 7.11 Å². The van der Waals surface area contributed by atoms with Crippen LogP contribution in [-0.2, 0) is 4.74 Å². The fourth-order valence-electron chi connectivity index (χ4n) is 1.63. The van der Waals surface area contributed by atoms with Gasteiger partial charge < -0.3 is 15.2 Å². The van der Waals surface area contributed by atoms with E-state index in [9.17, 15) is 5.11 Å². The Morgan fingerprint density at radius 2 is 1.87 bits per heavy atom. The SMILES string of the molecule is CCCC(COC)NCC(O)(CC)CC. The molecule has 0 aliphatic rings. The van der Waals surface area contributed by atoms with Crippen LogP contribution in [0.15, 0.2) is 0 Å². The molecule has 0 spiro atoms. The van der Waals surface area contributed by atoms with E-state index in [1.165, 1.54) is 0 Å². The highest BCUT2D eigenvalue weighted by Gasteiger charge is 2.22. The molecule has 0 aromatic heterocycles. The zero-order chi connectivity index (χ0) is 11.7. The molecule has 0 fully saturated rings. The first-order valence-electron chi connectivity index (χ1n) is 6.06. The van der Waals surface area contributed by atoms with Crippen molar-refractivity contribution in [2.45, 2.75) is 58.1 Å². The fraction of sp³-hybridized carbons (Fsp3) is 1.00. The smallest absolute Gasteiger partial charge is 0.0766 e.